The van der Waals surface area contributed by atoms with Gasteiger partial charge in [-0.15, -0.1) is 0 Å². The molecule has 1 aromatic carbocycles. The van der Waals surface area contributed by atoms with E-state index in [9.17, 15) is 9.90 Å². The number of hydrogen-bond acceptors (Lipinski definition) is 4. The Kier molecular flexibility index (Phi) is 3.45. The van der Waals surface area contributed by atoms with Crippen LogP contribution in [-0.4, -0.2) is 30.3 Å². The van der Waals surface area contributed by atoms with Crippen LogP contribution in [0.5, 0.6) is 5.75 Å². The van der Waals surface area contributed by atoms with E-state index in [1.807, 2.05) is 13.0 Å². The lowest BCUT2D eigenvalue weighted by Crippen LogP contribution is -2.34. The topological polar surface area (TPSA) is 73.6 Å². The van der Waals surface area contributed by atoms with Crippen LogP contribution < -0.4 is 9.64 Å². The van der Waals surface area contributed by atoms with Gasteiger partial charge in [0.15, 0.2) is 0 Å². The van der Waals surface area contributed by atoms with Crippen molar-refractivity contribution in [3.05, 3.63) is 23.8 Å². The summed E-state index contributed by atoms with van der Waals surface area (Å²) in [5.41, 5.74) is 0.221. The molecule has 1 saturated heterocycles. The molecule has 5 heteroatoms. The fourth-order valence-corrected chi connectivity index (χ4v) is 2.64. The zero-order chi connectivity index (χ0) is 15.1. The van der Waals surface area contributed by atoms with Gasteiger partial charge in [0.1, 0.15) is 11.8 Å². The van der Waals surface area contributed by atoms with Crippen molar-refractivity contribution < 1.29 is 14.6 Å². The van der Waals surface area contributed by atoms with Crippen LogP contribution in [0, 0.1) is 16.7 Å². The monoisotopic (exact) mass is 274 g/mol. The lowest BCUT2D eigenvalue weighted by Gasteiger charge is -2.23. The number of nitrogens with zero attached hydrogens (tertiary/aromatic N) is 2. The maximum atomic E-state index is 12.5. The van der Waals surface area contributed by atoms with E-state index in [2.05, 4.69) is 0 Å². The second-order valence-corrected chi connectivity index (χ2v) is 5.58. The summed E-state index contributed by atoms with van der Waals surface area (Å²) in [6.07, 6.45) is -0.739. The molecular weight excluding hydrogens is 256 g/mol. The minimum Gasteiger partial charge on any atom is -0.495 e. The molecule has 0 unspecified atom stereocenters. The van der Waals surface area contributed by atoms with Gasteiger partial charge in [-0.05, 0) is 32.9 Å². The van der Waals surface area contributed by atoms with Crippen molar-refractivity contribution in [3.63, 3.8) is 0 Å². The van der Waals surface area contributed by atoms with Gasteiger partial charge in [0.2, 0.25) is 5.91 Å². The molecule has 1 aromatic rings. The third-order valence-electron chi connectivity index (χ3n) is 3.96. The van der Waals surface area contributed by atoms with Gasteiger partial charge in [-0.3, -0.25) is 4.79 Å². The first-order valence-corrected chi connectivity index (χ1v) is 6.44. The summed E-state index contributed by atoms with van der Waals surface area (Å²) in [5.74, 6) is 0.286. The highest BCUT2D eigenvalue weighted by molar-refractivity contribution is 6.01. The van der Waals surface area contributed by atoms with Gasteiger partial charge < -0.3 is 14.7 Å². The second kappa shape index (κ2) is 4.80. The lowest BCUT2D eigenvalue weighted by atomic mass is 9.87. The fraction of sp³-hybridized carbons (Fsp3) is 0.467. The molecule has 1 aliphatic rings. The van der Waals surface area contributed by atoms with Gasteiger partial charge in [-0.2, -0.15) is 5.26 Å². The predicted octanol–water partition coefficient (Wildman–Crippen LogP) is 1.69. The summed E-state index contributed by atoms with van der Waals surface area (Å²) in [6.45, 7) is 5.27. The number of aliphatic hydroxyl groups excluding tert-OH is 1. The zero-order valence-corrected chi connectivity index (χ0v) is 12.0. The average Bonchev–Trinajstić information content (AvgIpc) is 2.59. The van der Waals surface area contributed by atoms with Crippen LogP contribution in [0.3, 0.4) is 0 Å². The Hall–Kier alpha value is -2.06. The third kappa shape index (κ3) is 1.93. The zero-order valence-electron chi connectivity index (χ0n) is 12.0. The highest BCUT2D eigenvalue weighted by Gasteiger charge is 2.51. The van der Waals surface area contributed by atoms with Gasteiger partial charge in [-0.1, -0.05) is 0 Å². The SMILES string of the molecule is COc1cc(N2C(=O)C(C)(C)[C@@H](O)[C@H]2C)ccc1C#N. The minimum absolute atomic E-state index is 0.135. The molecule has 5 nitrogen and oxygen atoms in total. The summed E-state index contributed by atoms with van der Waals surface area (Å²) in [5, 5.41) is 19.2. The van der Waals surface area contributed by atoms with E-state index in [0.29, 0.717) is 17.0 Å². The molecule has 2 atom stereocenters. The Balaban J connectivity index is 2.48. The van der Waals surface area contributed by atoms with Gasteiger partial charge in [0.05, 0.1) is 30.2 Å². The van der Waals surface area contributed by atoms with Crippen molar-refractivity contribution >= 4 is 11.6 Å². The summed E-state index contributed by atoms with van der Waals surface area (Å²) in [6, 6.07) is 6.68. The molecule has 0 bridgehead atoms. The van der Waals surface area contributed by atoms with Crippen molar-refractivity contribution in [3.8, 4) is 11.8 Å². The Labute approximate surface area is 118 Å². The van der Waals surface area contributed by atoms with Crippen LogP contribution in [-0.2, 0) is 4.79 Å². The lowest BCUT2D eigenvalue weighted by molar-refractivity contribution is -0.126. The van der Waals surface area contributed by atoms with Crippen molar-refractivity contribution in [2.24, 2.45) is 5.41 Å². The van der Waals surface area contributed by atoms with E-state index in [0.717, 1.165) is 0 Å². The predicted molar refractivity (Wildman–Crippen MR) is 74.4 cm³/mol. The number of nitriles is 1. The number of rotatable bonds is 2. The second-order valence-electron chi connectivity index (χ2n) is 5.58. The number of hydrogen-bond donors (Lipinski definition) is 1. The molecule has 20 heavy (non-hydrogen) atoms. The van der Waals surface area contributed by atoms with Crippen molar-refractivity contribution in [1.82, 2.24) is 0 Å². The van der Waals surface area contributed by atoms with Gasteiger partial charge in [0.25, 0.3) is 0 Å². The van der Waals surface area contributed by atoms with Crippen LogP contribution in [0.25, 0.3) is 0 Å². The highest BCUT2D eigenvalue weighted by atomic mass is 16.5. The molecule has 1 heterocycles. The number of amides is 1. The van der Waals surface area contributed by atoms with Crippen LogP contribution in [0.1, 0.15) is 26.3 Å². The molecule has 0 saturated carbocycles. The van der Waals surface area contributed by atoms with Crippen LogP contribution in [0.15, 0.2) is 18.2 Å². The molecule has 0 spiro atoms. The maximum absolute atomic E-state index is 12.5. The van der Waals surface area contributed by atoms with Crippen LogP contribution >= 0.6 is 0 Å². The van der Waals surface area contributed by atoms with E-state index in [-0.39, 0.29) is 11.9 Å². The summed E-state index contributed by atoms with van der Waals surface area (Å²) >= 11 is 0. The Morgan fingerprint density at radius 2 is 2.10 bits per heavy atom. The maximum Gasteiger partial charge on any atom is 0.235 e. The normalized spacial score (nSPS) is 24.6. The Bertz CT molecular complexity index is 589. The molecule has 2 rings (SSSR count). The average molecular weight is 274 g/mol. The molecule has 0 aliphatic carbocycles. The summed E-state index contributed by atoms with van der Waals surface area (Å²) < 4.78 is 5.16. The third-order valence-corrected chi connectivity index (χ3v) is 3.96. The minimum atomic E-state index is -0.819. The summed E-state index contributed by atoms with van der Waals surface area (Å²) in [4.78, 5) is 14.0. The first-order valence-electron chi connectivity index (χ1n) is 6.44. The summed E-state index contributed by atoms with van der Waals surface area (Å²) in [7, 11) is 1.48. The number of carbonyl (C=O) groups excluding carboxylic acids is 1. The van der Waals surface area contributed by atoms with Crippen molar-refractivity contribution in [2.45, 2.75) is 32.9 Å². The molecule has 106 valence electrons. The van der Waals surface area contributed by atoms with E-state index in [1.54, 1.807) is 36.9 Å². The quantitative estimate of drug-likeness (QED) is 0.890. The van der Waals surface area contributed by atoms with Crippen molar-refractivity contribution in [2.75, 3.05) is 12.0 Å². The largest absolute Gasteiger partial charge is 0.495 e. The van der Waals surface area contributed by atoms with Crippen LogP contribution in [0.4, 0.5) is 5.69 Å². The molecule has 1 fully saturated rings. The number of carbonyl (C=O) groups is 1. The smallest absolute Gasteiger partial charge is 0.235 e. The van der Waals surface area contributed by atoms with Gasteiger partial charge in [0, 0.05) is 11.8 Å². The highest BCUT2D eigenvalue weighted by Crippen LogP contribution is 2.39. The van der Waals surface area contributed by atoms with Crippen molar-refractivity contribution in [1.29, 1.82) is 5.26 Å². The Morgan fingerprint density at radius 1 is 1.45 bits per heavy atom. The molecule has 1 aliphatic heterocycles. The van der Waals surface area contributed by atoms with E-state index in [4.69, 9.17) is 10.00 Å². The number of aliphatic hydroxyl groups is 1. The number of ether oxygens (including phenoxy) is 1. The molecular formula is C15H18N2O3. The Morgan fingerprint density at radius 3 is 2.55 bits per heavy atom. The molecule has 1 N–H and O–H groups in total. The standard InChI is InChI=1S/C15H18N2O3/c1-9-13(18)15(2,3)14(19)17(9)11-6-5-10(8-16)12(7-11)20-4/h5-7,9,13,18H,1-4H3/t9-,13+/m1/s1. The number of benzene rings is 1. The van der Waals surface area contributed by atoms with Crippen LogP contribution in [0.2, 0.25) is 0 Å². The van der Waals surface area contributed by atoms with Gasteiger partial charge in [-0.25, -0.2) is 0 Å². The molecule has 1 amide bonds. The first-order chi connectivity index (χ1) is 9.34. The van der Waals surface area contributed by atoms with E-state index < -0.39 is 11.5 Å². The fourth-order valence-electron chi connectivity index (χ4n) is 2.64. The van der Waals surface area contributed by atoms with E-state index in [1.165, 1.54) is 7.11 Å². The molecule has 0 aromatic heterocycles. The first kappa shape index (κ1) is 14.4. The van der Waals surface area contributed by atoms with E-state index >= 15 is 0 Å². The number of anilines is 1. The number of methoxy groups -OCH3 is 1. The van der Waals surface area contributed by atoms with Gasteiger partial charge >= 0.3 is 0 Å². The molecule has 0 radical (unpaired) electrons.